The van der Waals surface area contributed by atoms with Crippen molar-refractivity contribution in [1.29, 1.82) is 0 Å². The number of rotatable bonds is 3. The van der Waals surface area contributed by atoms with Crippen molar-refractivity contribution in [2.75, 3.05) is 20.1 Å². The second-order valence-corrected chi connectivity index (χ2v) is 8.94. The minimum Gasteiger partial charge on any atom is -0.345 e. The molecule has 6 rings (SSSR count). The Morgan fingerprint density at radius 3 is 2.67 bits per heavy atom. The van der Waals surface area contributed by atoms with Gasteiger partial charge in [0.15, 0.2) is 5.82 Å². The third-order valence-electron chi connectivity index (χ3n) is 6.74. The molecule has 8 nitrogen and oxygen atoms in total. The molecule has 4 aromatic heterocycles. The molecule has 1 fully saturated rings. The smallest absolute Gasteiger partial charge is 0.151 e. The maximum atomic E-state index is 15.3. The normalized spacial score (nSPS) is 15.8. The minimum atomic E-state index is -0.314. The molecule has 5 aromatic rings. The number of likely N-dealkylation sites (tertiary alicyclic amines) is 1. The highest BCUT2D eigenvalue weighted by atomic mass is 19.1. The van der Waals surface area contributed by atoms with Crippen LogP contribution >= 0.6 is 0 Å². The van der Waals surface area contributed by atoms with Crippen molar-refractivity contribution in [2.24, 2.45) is 7.05 Å². The maximum absolute atomic E-state index is 15.3. The summed E-state index contributed by atoms with van der Waals surface area (Å²) in [5.41, 5.74) is 5.27. The summed E-state index contributed by atoms with van der Waals surface area (Å²) in [4.78, 5) is 19.1. The lowest BCUT2D eigenvalue weighted by molar-refractivity contribution is 0.222. The molecule has 0 atom stereocenters. The number of H-pyrrole nitrogens is 1. The molecule has 0 aliphatic carbocycles. The summed E-state index contributed by atoms with van der Waals surface area (Å²) in [5, 5.41) is 5.14. The van der Waals surface area contributed by atoms with Crippen molar-refractivity contribution in [1.82, 2.24) is 39.2 Å². The van der Waals surface area contributed by atoms with E-state index in [0.29, 0.717) is 17.2 Å². The Morgan fingerprint density at radius 2 is 1.91 bits per heavy atom. The molecule has 0 amide bonds. The van der Waals surface area contributed by atoms with Crippen LogP contribution in [0.2, 0.25) is 0 Å². The maximum Gasteiger partial charge on any atom is 0.151 e. The van der Waals surface area contributed by atoms with Gasteiger partial charge in [0.05, 0.1) is 22.8 Å². The number of aryl methyl sites for hydroxylation is 2. The van der Waals surface area contributed by atoms with Gasteiger partial charge in [0.1, 0.15) is 23.3 Å². The lowest BCUT2D eigenvalue weighted by Gasteiger charge is -2.30. The highest BCUT2D eigenvalue weighted by molar-refractivity contribution is 6.03. The monoisotopic (exact) mass is 444 g/mol. The Kier molecular flexibility index (Phi) is 4.55. The van der Waals surface area contributed by atoms with E-state index in [2.05, 4.69) is 47.6 Å². The number of hydrogen-bond acceptors (Lipinski definition) is 5. The van der Waals surface area contributed by atoms with E-state index in [1.165, 1.54) is 6.33 Å². The first-order chi connectivity index (χ1) is 16.0. The van der Waals surface area contributed by atoms with Gasteiger partial charge in [-0.15, -0.1) is 0 Å². The molecule has 1 aliphatic heterocycles. The molecule has 0 spiro atoms. The van der Waals surface area contributed by atoms with Crippen molar-refractivity contribution in [3.63, 3.8) is 0 Å². The molecule has 0 saturated carbocycles. The summed E-state index contributed by atoms with van der Waals surface area (Å²) in [7, 11) is 4.02. The molecule has 0 bridgehead atoms. The molecular weight excluding hydrogens is 419 g/mol. The summed E-state index contributed by atoms with van der Waals surface area (Å²) in [5.74, 6) is 0.542. The van der Waals surface area contributed by atoms with Crippen molar-refractivity contribution >= 4 is 22.1 Å². The Balaban J connectivity index is 1.55. The fraction of sp³-hybridized carbons (Fsp3) is 0.333. The Labute approximate surface area is 190 Å². The van der Waals surface area contributed by atoms with Crippen molar-refractivity contribution in [3.05, 3.63) is 48.7 Å². The lowest BCUT2D eigenvalue weighted by Crippen LogP contribution is -2.31. The predicted molar refractivity (Wildman–Crippen MR) is 125 cm³/mol. The molecule has 1 saturated heterocycles. The van der Waals surface area contributed by atoms with Crippen LogP contribution < -0.4 is 0 Å². The van der Waals surface area contributed by atoms with Gasteiger partial charge in [0.25, 0.3) is 0 Å². The van der Waals surface area contributed by atoms with Crippen LogP contribution in [0.3, 0.4) is 0 Å². The lowest BCUT2D eigenvalue weighted by atomic mass is 10.0. The van der Waals surface area contributed by atoms with Crippen molar-refractivity contribution in [3.8, 4) is 22.4 Å². The van der Waals surface area contributed by atoms with E-state index >= 15 is 4.39 Å². The zero-order chi connectivity index (χ0) is 22.7. The van der Waals surface area contributed by atoms with Crippen LogP contribution in [0.5, 0.6) is 0 Å². The van der Waals surface area contributed by atoms with Crippen LogP contribution in [0.25, 0.3) is 44.5 Å². The molecule has 5 heterocycles. The van der Waals surface area contributed by atoms with Crippen LogP contribution in [-0.4, -0.2) is 59.3 Å². The first-order valence-corrected chi connectivity index (χ1v) is 11.2. The number of aromatic amines is 1. The van der Waals surface area contributed by atoms with Crippen LogP contribution in [0.15, 0.2) is 37.1 Å². The predicted octanol–water partition coefficient (Wildman–Crippen LogP) is 4.09. The molecule has 168 valence electrons. The number of imidazole rings is 1. The fourth-order valence-corrected chi connectivity index (χ4v) is 5.09. The second-order valence-electron chi connectivity index (χ2n) is 8.94. The van der Waals surface area contributed by atoms with Crippen molar-refractivity contribution in [2.45, 2.75) is 25.8 Å². The van der Waals surface area contributed by atoms with Crippen molar-refractivity contribution < 1.29 is 4.39 Å². The summed E-state index contributed by atoms with van der Waals surface area (Å²) in [6.45, 7) is 4.03. The van der Waals surface area contributed by atoms with Gasteiger partial charge in [-0.2, -0.15) is 5.10 Å². The highest BCUT2D eigenvalue weighted by Gasteiger charge is 2.24. The first-order valence-electron chi connectivity index (χ1n) is 11.2. The standard InChI is InChI=1S/C24H25FN8/c1-14-30-23-19(25)8-15(9-20(23)33(14)17-4-6-31(2)7-5-17)18-11-26-24-21(18)22(27-13-28-24)16-10-29-32(3)12-16/h8-13,17H,4-7H2,1-3H3,(H,26,27,28). The SMILES string of the molecule is Cc1nc2c(F)cc(-c3c[nH]c4ncnc(-c5cnn(C)c5)c34)cc2n1C1CCN(C)CC1. The van der Waals surface area contributed by atoms with Crippen LogP contribution in [0.4, 0.5) is 4.39 Å². The largest absolute Gasteiger partial charge is 0.345 e. The van der Waals surface area contributed by atoms with E-state index in [-0.39, 0.29) is 5.82 Å². The number of fused-ring (bicyclic) bond motifs is 2. The van der Waals surface area contributed by atoms with Gasteiger partial charge in [0.2, 0.25) is 0 Å². The van der Waals surface area contributed by atoms with E-state index in [9.17, 15) is 0 Å². The van der Waals surface area contributed by atoms with E-state index in [4.69, 9.17) is 0 Å². The number of hydrogen-bond donors (Lipinski definition) is 1. The number of piperidine rings is 1. The summed E-state index contributed by atoms with van der Waals surface area (Å²) < 4.78 is 19.3. The Morgan fingerprint density at radius 1 is 1.09 bits per heavy atom. The molecule has 0 radical (unpaired) electrons. The molecule has 33 heavy (non-hydrogen) atoms. The average Bonchev–Trinajstić information content (AvgIpc) is 3.51. The van der Waals surface area contributed by atoms with Gasteiger partial charge in [-0.25, -0.2) is 19.3 Å². The highest BCUT2D eigenvalue weighted by Crippen LogP contribution is 2.37. The van der Waals surface area contributed by atoms with Gasteiger partial charge in [-0.1, -0.05) is 0 Å². The zero-order valence-corrected chi connectivity index (χ0v) is 18.9. The van der Waals surface area contributed by atoms with E-state index in [0.717, 1.165) is 65.0 Å². The molecule has 1 aliphatic rings. The van der Waals surface area contributed by atoms with Crippen LogP contribution in [-0.2, 0) is 7.05 Å². The van der Waals surface area contributed by atoms with E-state index < -0.39 is 0 Å². The second kappa shape index (κ2) is 7.48. The summed E-state index contributed by atoms with van der Waals surface area (Å²) in [6.07, 6.45) is 9.17. The quantitative estimate of drug-likeness (QED) is 0.453. The molecule has 1 aromatic carbocycles. The Bertz CT molecular complexity index is 1490. The number of halogens is 1. The van der Waals surface area contributed by atoms with Gasteiger partial charge < -0.3 is 14.5 Å². The van der Waals surface area contributed by atoms with Gasteiger partial charge >= 0.3 is 0 Å². The number of aromatic nitrogens is 7. The van der Waals surface area contributed by atoms with Gasteiger partial charge in [-0.05, 0) is 57.6 Å². The number of benzene rings is 1. The third kappa shape index (κ3) is 3.22. The molecule has 9 heteroatoms. The zero-order valence-electron chi connectivity index (χ0n) is 18.9. The summed E-state index contributed by atoms with van der Waals surface area (Å²) in [6, 6.07) is 3.94. The van der Waals surface area contributed by atoms with Gasteiger partial charge in [-0.3, -0.25) is 4.68 Å². The average molecular weight is 445 g/mol. The number of nitrogens with zero attached hydrogens (tertiary/aromatic N) is 7. The van der Waals surface area contributed by atoms with Crippen LogP contribution in [0.1, 0.15) is 24.7 Å². The molecular formula is C24H25FN8. The third-order valence-corrected chi connectivity index (χ3v) is 6.74. The van der Waals surface area contributed by atoms with E-state index in [1.807, 2.05) is 26.4 Å². The van der Waals surface area contributed by atoms with Gasteiger partial charge in [0, 0.05) is 36.6 Å². The van der Waals surface area contributed by atoms with Crippen LogP contribution in [0, 0.1) is 12.7 Å². The number of nitrogens with one attached hydrogen (secondary N) is 1. The minimum absolute atomic E-state index is 0.314. The fourth-order valence-electron chi connectivity index (χ4n) is 5.09. The first kappa shape index (κ1) is 20.0. The van der Waals surface area contributed by atoms with E-state index in [1.54, 1.807) is 16.9 Å². The summed E-state index contributed by atoms with van der Waals surface area (Å²) >= 11 is 0. The molecule has 1 N–H and O–H groups in total. The topological polar surface area (TPSA) is 80.5 Å². The Hall–Kier alpha value is -3.59. The molecule has 0 unspecified atom stereocenters.